The first-order valence-corrected chi connectivity index (χ1v) is 4.82. The zero-order chi connectivity index (χ0) is 9.68. The fourth-order valence-electron chi connectivity index (χ4n) is 0.808. The first-order chi connectivity index (χ1) is 6.24. The van der Waals surface area contributed by atoms with Gasteiger partial charge >= 0.3 is 5.97 Å². The van der Waals surface area contributed by atoms with Crippen molar-refractivity contribution in [1.29, 1.82) is 0 Å². The Labute approximate surface area is 85.3 Å². The van der Waals surface area contributed by atoms with Gasteiger partial charge in [0, 0.05) is 6.20 Å². The number of ether oxygens (including phenoxy) is 1. The van der Waals surface area contributed by atoms with Crippen molar-refractivity contribution in [3.05, 3.63) is 28.5 Å². The quantitative estimate of drug-likeness (QED) is 0.605. The summed E-state index contributed by atoms with van der Waals surface area (Å²) in [6.45, 7) is 2.41. The first-order valence-electron chi connectivity index (χ1n) is 4.02. The van der Waals surface area contributed by atoms with Crippen LogP contribution in [-0.2, 0) is 4.74 Å². The van der Waals surface area contributed by atoms with Gasteiger partial charge < -0.3 is 4.74 Å². The van der Waals surface area contributed by atoms with Crippen molar-refractivity contribution in [2.45, 2.75) is 13.3 Å². The highest BCUT2D eigenvalue weighted by Crippen LogP contribution is 2.09. The minimum Gasteiger partial charge on any atom is -0.462 e. The fraction of sp³-hybridized carbons (Fsp3) is 0.333. The van der Waals surface area contributed by atoms with Crippen molar-refractivity contribution in [2.24, 2.45) is 0 Å². The molecule has 1 heterocycles. The third-order valence-electron chi connectivity index (χ3n) is 1.40. The number of hydrogen-bond donors (Lipinski definition) is 0. The van der Waals surface area contributed by atoms with Gasteiger partial charge in [0.25, 0.3) is 0 Å². The molecular formula is C9H10BrNO2. The van der Waals surface area contributed by atoms with Crippen LogP contribution in [0.4, 0.5) is 0 Å². The number of esters is 1. The van der Waals surface area contributed by atoms with E-state index in [1.165, 1.54) is 0 Å². The largest absolute Gasteiger partial charge is 0.462 e. The van der Waals surface area contributed by atoms with Crippen LogP contribution in [0.5, 0.6) is 0 Å². The molecule has 0 fully saturated rings. The Morgan fingerprint density at radius 3 is 3.08 bits per heavy atom. The van der Waals surface area contributed by atoms with Crippen molar-refractivity contribution < 1.29 is 9.53 Å². The maximum atomic E-state index is 11.3. The normalized spacial score (nSPS) is 9.69. The van der Waals surface area contributed by atoms with Crippen LogP contribution in [0.25, 0.3) is 0 Å². The molecule has 1 rings (SSSR count). The van der Waals surface area contributed by atoms with Crippen LogP contribution in [0.2, 0.25) is 0 Å². The molecule has 0 bridgehead atoms. The minimum atomic E-state index is -0.301. The Balaban J connectivity index is 2.66. The summed E-state index contributed by atoms with van der Waals surface area (Å²) in [4.78, 5) is 15.2. The number of halogens is 1. The van der Waals surface area contributed by atoms with E-state index in [1.807, 2.05) is 6.92 Å². The first kappa shape index (κ1) is 10.2. The Morgan fingerprint density at radius 2 is 2.46 bits per heavy atom. The van der Waals surface area contributed by atoms with Crippen LogP contribution in [0.1, 0.15) is 23.7 Å². The maximum Gasteiger partial charge on any atom is 0.338 e. The smallest absolute Gasteiger partial charge is 0.338 e. The van der Waals surface area contributed by atoms with Gasteiger partial charge in [-0.3, -0.25) is 0 Å². The number of carbonyl (C=O) groups is 1. The van der Waals surface area contributed by atoms with E-state index in [9.17, 15) is 4.79 Å². The van der Waals surface area contributed by atoms with Crippen molar-refractivity contribution in [2.75, 3.05) is 6.61 Å². The molecule has 0 amide bonds. The van der Waals surface area contributed by atoms with Crippen molar-refractivity contribution in [1.82, 2.24) is 4.98 Å². The summed E-state index contributed by atoms with van der Waals surface area (Å²) in [7, 11) is 0. The third-order valence-corrected chi connectivity index (χ3v) is 1.83. The molecule has 0 N–H and O–H groups in total. The van der Waals surface area contributed by atoms with E-state index in [0.717, 1.165) is 6.42 Å². The molecule has 0 saturated heterocycles. The molecule has 0 saturated carbocycles. The van der Waals surface area contributed by atoms with Crippen LogP contribution < -0.4 is 0 Å². The van der Waals surface area contributed by atoms with Crippen LogP contribution in [0.3, 0.4) is 0 Å². The Bertz CT molecular complexity index is 301. The second-order valence-electron chi connectivity index (χ2n) is 2.50. The molecule has 0 aliphatic carbocycles. The van der Waals surface area contributed by atoms with Gasteiger partial charge in [-0.2, -0.15) is 0 Å². The molecule has 0 spiro atoms. The Kier molecular flexibility index (Phi) is 3.89. The van der Waals surface area contributed by atoms with E-state index in [0.29, 0.717) is 16.8 Å². The maximum absolute atomic E-state index is 11.3. The zero-order valence-corrected chi connectivity index (χ0v) is 8.87. The van der Waals surface area contributed by atoms with Crippen molar-refractivity contribution in [3.8, 4) is 0 Å². The van der Waals surface area contributed by atoms with E-state index in [2.05, 4.69) is 20.9 Å². The third kappa shape index (κ3) is 3.14. The molecule has 70 valence electrons. The predicted octanol–water partition coefficient (Wildman–Crippen LogP) is 2.41. The van der Waals surface area contributed by atoms with Gasteiger partial charge in [-0.1, -0.05) is 6.92 Å². The molecule has 0 unspecified atom stereocenters. The predicted molar refractivity (Wildman–Crippen MR) is 52.5 cm³/mol. The molecule has 0 aliphatic rings. The highest BCUT2D eigenvalue weighted by atomic mass is 79.9. The standard InChI is InChI=1S/C9H10BrNO2/c1-2-5-13-9(12)7-3-4-11-8(10)6-7/h3-4,6H,2,5H2,1H3. The van der Waals surface area contributed by atoms with E-state index >= 15 is 0 Å². The summed E-state index contributed by atoms with van der Waals surface area (Å²) in [6, 6.07) is 3.26. The van der Waals surface area contributed by atoms with Crippen LogP contribution in [-0.4, -0.2) is 17.6 Å². The summed E-state index contributed by atoms with van der Waals surface area (Å²) in [5, 5.41) is 0. The lowest BCUT2D eigenvalue weighted by molar-refractivity contribution is 0.0505. The summed E-state index contributed by atoms with van der Waals surface area (Å²) in [5.74, 6) is -0.301. The number of rotatable bonds is 3. The summed E-state index contributed by atoms with van der Waals surface area (Å²) in [5.41, 5.74) is 0.523. The molecule has 1 aromatic heterocycles. The van der Waals surface area contributed by atoms with E-state index in [1.54, 1.807) is 18.3 Å². The van der Waals surface area contributed by atoms with Gasteiger partial charge in [-0.05, 0) is 34.5 Å². The number of aromatic nitrogens is 1. The van der Waals surface area contributed by atoms with Crippen LogP contribution in [0, 0.1) is 0 Å². The lowest BCUT2D eigenvalue weighted by Gasteiger charge is -2.02. The summed E-state index contributed by atoms with van der Waals surface area (Å²) >= 11 is 3.18. The second-order valence-corrected chi connectivity index (χ2v) is 3.32. The monoisotopic (exact) mass is 243 g/mol. The summed E-state index contributed by atoms with van der Waals surface area (Å²) < 4.78 is 5.58. The van der Waals surface area contributed by atoms with Crippen molar-refractivity contribution >= 4 is 21.9 Å². The molecule has 3 nitrogen and oxygen atoms in total. The summed E-state index contributed by atoms with van der Waals surface area (Å²) in [6.07, 6.45) is 2.39. The topological polar surface area (TPSA) is 39.2 Å². The molecular weight excluding hydrogens is 234 g/mol. The number of pyridine rings is 1. The average molecular weight is 244 g/mol. The van der Waals surface area contributed by atoms with E-state index in [-0.39, 0.29) is 5.97 Å². The molecule has 13 heavy (non-hydrogen) atoms. The molecule has 0 atom stereocenters. The van der Waals surface area contributed by atoms with Crippen LogP contribution in [0.15, 0.2) is 22.9 Å². The highest BCUT2D eigenvalue weighted by Gasteiger charge is 2.06. The highest BCUT2D eigenvalue weighted by molar-refractivity contribution is 9.10. The Morgan fingerprint density at radius 1 is 1.69 bits per heavy atom. The van der Waals surface area contributed by atoms with Gasteiger partial charge in [-0.15, -0.1) is 0 Å². The molecule has 0 radical (unpaired) electrons. The van der Waals surface area contributed by atoms with Gasteiger partial charge in [0.05, 0.1) is 12.2 Å². The Hall–Kier alpha value is -0.900. The van der Waals surface area contributed by atoms with Crippen molar-refractivity contribution in [3.63, 3.8) is 0 Å². The molecule has 0 aromatic carbocycles. The van der Waals surface area contributed by atoms with E-state index in [4.69, 9.17) is 4.74 Å². The second kappa shape index (κ2) is 4.97. The lowest BCUT2D eigenvalue weighted by Crippen LogP contribution is -2.05. The molecule has 0 aliphatic heterocycles. The SMILES string of the molecule is CCCOC(=O)c1ccnc(Br)c1. The fourth-order valence-corrected chi connectivity index (χ4v) is 1.17. The van der Waals surface area contributed by atoms with Gasteiger partial charge in [-0.25, -0.2) is 9.78 Å². The average Bonchev–Trinajstić information content (AvgIpc) is 2.14. The van der Waals surface area contributed by atoms with Gasteiger partial charge in [0.1, 0.15) is 4.60 Å². The minimum absolute atomic E-state index is 0.301. The lowest BCUT2D eigenvalue weighted by atomic mass is 10.3. The number of carbonyl (C=O) groups excluding carboxylic acids is 1. The zero-order valence-electron chi connectivity index (χ0n) is 7.29. The van der Waals surface area contributed by atoms with Gasteiger partial charge in [0.15, 0.2) is 0 Å². The van der Waals surface area contributed by atoms with Gasteiger partial charge in [0.2, 0.25) is 0 Å². The number of nitrogens with zero attached hydrogens (tertiary/aromatic N) is 1. The number of hydrogen-bond acceptors (Lipinski definition) is 3. The van der Waals surface area contributed by atoms with Crippen LogP contribution >= 0.6 is 15.9 Å². The molecule has 4 heteroatoms. The molecule has 1 aromatic rings. The van der Waals surface area contributed by atoms with E-state index < -0.39 is 0 Å².